The topological polar surface area (TPSA) is 0 Å². The van der Waals surface area contributed by atoms with Crippen LogP contribution in [-0.2, 0) is 21.1 Å². The van der Waals surface area contributed by atoms with Gasteiger partial charge < -0.3 is 22.3 Å². The van der Waals surface area contributed by atoms with Crippen LogP contribution >= 0.6 is 0 Å². The Bertz CT molecular complexity index is 61.2. The molecule has 1 heteroatoms. The molecule has 0 nitrogen and oxygen atoms in total. The standard InChI is InChI=1S/C5H5.CH4.3CH3.Pt/c1-2-4-5-3-1;;;;;/h1-5H;1H4;3*1H3;/q-1;;3*-1;+4. The number of rotatable bonds is 0. The molecule has 0 unspecified atom stereocenters. The fourth-order valence-corrected chi connectivity index (χ4v) is 0.321. The third-order valence-electron chi connectivity index (χ3n) is 0.556. The third kappa shape index (κ3) is 15.7. The molecule has 0 aliphatic carbocycles. The first-order valence-corrected chi connectivity index (χ1v) is 1.67. The molecule has 0 aliphatic heterocycles. The summed E-state index contributed by atoms with van der Waals surface area (Å²) in [6.45, 7) is 0. The van der Waals surface area contributed by atoms with Gasteiger partial charge in [-0.05, 0) is 0 Å². The maximum atomic E-state index is 2.00. The van der Waals surface area contributed by atoms with Gasteiger partial charge in [0.25, 0.3) is 0 Å². The predicted octanol–water partition coefficient (Wildman–Crippen LogP) is 3.39. The largest absolute Gasteiger partial charge is 4.00 e. The van der Waals surface area contributed by atoms with Crippen molar-refractivity contribution in [1.82, 2.24) is 0 Å². The van der Waals surface area contributed by atoms with E-state index in [2.05, 4.69) is 0 Å². The van der Waals surface area contributed by atoms with Crippen molar-refractivity contribution in [2.24, 2.45) is 0 Å². The molecule has 0 saturated carbocycles. The summed E-state index contributed by atoms with van der Waals surface area (Å²) in [5, 5.41) is 0. The number of hydrogen-bond donors (Lipinski definition) is 0. The van der Waals surface area contributed by atoms with Crippen LogP contribution in [0.15, 0.2) is 30.3 Å². The molecule has 0 fully saturated rings. The van der Waals surface area contributed by atoms with E-state index in [9.17, 15) is 0 Å². The summed E-state index contributed by atoms with van der Waals surface area (Å²) in [7, 11) is 0. The van der Waals surface area contributed by atoms with Crippen LogP contribution in [0.5, 0.6) is 0 Å². The molecule has 0 N–H and O–H groups in total. The Morgan fingerprint density at radius 1 is 0.800 bits per heavy atom. The van der Waals surface area contributed by atoms with Gasteiger partial charge in [0.2, 0.25) is 0 Å². The van der Waals surface area contributed by atoms with Gasteiger partial charge in [0, 0.05) is 0 Å². The SMILES string of the molecule is C.[CH3-].[CH3-].[CH3-].[Pt+4].c1cc[cH-]c1. The zero-order valence-electron chi connectivity index (χ0n) is 6.20. The van der Waals surface area contributed by atoms with E-state index in [4.69, 9.17) is 0 Å². The molecule has 0 radical (unpaired) electrons. The first kappa shape index (κ1) is 32.3. The monoisotopic (exact) mass is 321 g/mol. The van der Waals surface area contributed by atoms with Gasteiger partial charge in [-0.3, -0.25) is 0 Å². The molecule has 0 amide bonds. The van der Waals surface area contributed by atoms with Gasteiger partial charge in [-0.1, -0.05) is 7.43 Å². The molecule has 64 valence electrons. The molecule has 0 spiro atoms. The summed E-state index contributed by atoms with van der Waals surface area (Å²) < 4.78 is 0. The predicted molar refractivity (Wildman–Crippen MR) is 48.0 cm³/mol. The van der Waals surface area contributed by atoms with Crippen LogP contribution in [0.3, 0.4) is 0 Å². The van der Waals surface area contributed by atoms with Crippen molar-refractivity contribution in [3.05, 3.63) is 52.6 Å². The molecular formula is C9H18Pt. The Balaban J connectivity index is -0.0000000167. The van der Waals surface area contributed by atoms with Gasteiger partial charge in [-0.2, -0.15) is 18.2 Å². The van der Waals surface area contributed by atoms with Crippen LogP contribution in [0.2, 0.25) is 0 Å². The second-order valence-electron chi connectivity index (χ2n) is 0.962. The Morgan fingerprint density at radius 3 is 1.20 bits per heavy atom. The molecule has 1 aromatic rings. The quantitative estimate of drug-likeness (QED) is 0.643. The Morgan fingerprint density at radius 2 is 1.10 bits per heavy atom. The molecule has 0 aromatic heterocycles. The van der Waals surface area contributed by atoms with Gasteiger partial charge in [-0.15, -0.1) is 0 Å². The smallest absolute Gasteiger partial charge is 0.358 e. The van der Waals surface area contributed by atoms with Gasteiger partial charge in [0.1, 0.15) is 0 Å². The molecule has 1 aromatic carbocycles. The Hall–Kier alpha value is 0.0383. The van der Waals surface area contributed by atoms with Crippen LogP contribution in [-0.4, -0.2) is 0 Å². The van der Waals surface area contributed by atoms with Crippen molar-refractivity contribution in [3.8, 4) is 0 Å². The van der Waals surface area contributed by atoms with Crippen molar-refractivity contribution >= 4 is 0 Å². The molecule has 0 aliphatic rings. The maximum Gasteiger partial charge on any atom is 4.00 e. The minimum absolute atomic E-state index is 0. The fraction of sp³-hybridized carbons (Fsp3) is 0.111. The van der Waals surface area contributed by atoms with Crippen LogP contribution < -0.4 is 0 Å². The normalized spacial score (nSPS) is 4.00. The van der Waals surface area contributed by atoms with Crippen LogP contribution in [0, 0.1) is 22.3 Å². The minimum Gasteiger partial charge on any atom is -0.358 e. The van der Waals surface area contributed by atoms with E-state index in [1.807, 2.05) is 30.3 Å². The van der Waals surface area contributed by atoms with Gasteiger partial charge in [-0.25, -0.2) is 12.1 Å². The van der Waals surface area contributed by atoms with Gasteiger partial charge in [0.15, 0.2) is 0 Å². The second-order valence-corrected chi connectivity index (χ2v) is 0.962. The molecule has 0 heterocycles. The zero-order chi connectivity index (χ0) is 3.54. The van der Waals surface area contributed by atoms with Crippen LogP contribution in [0.1, 0.15) is 7.43 Å². The summed E-state index contributed by atoms with van der Waals surface area (Å²) in [4.78, 5) is 0. The summed E-state index contributed by atoms with van der Waals surface area (Å²) in [5.41, 5.74) is 0. The van der Waals surface area contributed by atoms with E-state index in [-0.39, 0.29) is 50.8 Å². The van der Waals surface area contributed by atoms with E-state index >= 15 is 0 Å². The van der Waals surface area contributed by atoms with E-state index in [0.29, 0.717) is 0 Å². The van der Waals surface area contributed by atoms with Crippen molar-refractivity contribution < 1.29 is 21.1 Å². The van der Waals surface area contributed by atoms with Crippen molar-refractivity contribution in [2.45, 2.75) is 7.43 Å². The van der Waals surface area contributed by atoms with E-state index < -0.39 is 0 Å². The Kier molecular flexibility index (Phi) is 74.3. The average molecular weight is 321 g/mol. The zero-order valence-corrected chi connectivity index (χ0v) is 8.48. The van der Waals surface area contributed by atoms with Gasteiger partial charge >= 0.3 is 21.1 Å². The molecule has 0 bridgehead atoms. The average Bonchev–Trinajstić information content (AvgIpc) is 1.76. The molecule has 1 rings (SSSR count). The summed E-state index contributed by atoms with van der Waals surface area (Å²) in [6.07, 6.45) is 0. The van der Waals surface area contributed by atoms with Crippen LogP contribution in [0.4, 0.5) is 0 Å². The Labute approximate surface area is 81.3 Å². The van der Waals surface area contributed by atoms with Gasteiger partial charge in [0.05, 0.1) is 0 Å². The molecular weight excluding hydrogens is 303 g/mol. The number of hydrogen-bond acceptors (Lipinski definition) is 0. The van der Waals surface area contributed by atoms with Crippen molar-refractivity contribution in [1.29, 1.82) is 0 Å². The van der Waals surface area contributed by atoms with E-state index in [0.717, 1.165) is 0 Å². The third-order valence-corrected chi connectivity index (χ3v) is 0.556. The van der Waals surface area contributed by atoms with E-state index in [1.54, 1.807) is 0 Å². The van der Waals surface area contributed by atoms with Crippen LogP contribution in [0.25, 0.3) is 0 Å². The second kappa shape index (κ2) is 23.0. The molecule has 0 saturated heterocycles. The maximum absolute atomic E-state index is 2.00. The van der Waals surface area contributed by atoms with Crippen molar-refractivity contribution in [3.63, 3.8) is 0 Å². The minimum atomic E-state index is 0. The first-order chi connectivity index (χ1) is 2.50. The summed E-state index contributed by atoms with van der Waals surface area (Å²) >= 11 is 0. The summed E-state index contributed by atoms with van der Waals surface area (Å²) in [5.74, 6) is 0. The van der Waals surface area contributed by atoms with E-state index in [1.165, 1.54) is 0 Å². The molecule has 0 atom stereocenters. The fourth-order valence-electron chi connectivity index (χ4n) is 0.321. The first-order valence-electron chi connectivity index (χ1n) is 1.67. The molecule has 10 heavy (non-hydrogen) atoms. The van der Waals surface area contributed by atoms with Crippen molar-refractivity contribution in [2.75, 3.05) is 0 Å². The summed E-state index contributed by atoms with van der Waals surface area (Å²) in [6, 6.07) is 10.0.